The highest BCUT2D eigenvalue weighted by molar-refractivity contribution is 14.0. The molecule has 0 spiro atoms. The summed E-state index contributed by atoms with van der Waals surface area (Å²) in [5.74, 6) is 2.02. The summed E-state index contributed by atoms with van der Waals surface area (Å²) >= 11 is 0. The van der Waals surface area contributed by atoms with Gasteiger partial charge < -0.3 is 14.7 Å². The normalized spacial score (nSPS) is 10.8. The number of allylic oxidation sites excluding steroid dienone is 1. The summed E-state index contributed by atoms with van der Waals surface area (Å²) in [6.07, 6.45) is 3.98. The standard InChI is InChI=1S/C12H21N5O.HI/c1-5-6-7-8-17(4)12(13-3)14-9-11-15-10(2)16-18-11;/h5H,1,6-9H2,2-4H3,(H,13,14);1H. The highest BCUT2D eigenvalue weighted by atomic mass is 127. The zero-order valence-corrected chi connectivity index (χ0v) is 14.0. The van der Waals surface area contributed by atoms with Gasteiger partial charge in [0.15, 0.2) is 11.8 Å². The maximum absolute atomic E-state index is 5.03. The zero-order chi connectivity index (χ0) is 13.4. The minimum Gasteiger partial charge on any atom is -0.347 e. The molecule has 1 aromatic rings. The van der Waals surface area contributed by atoms with Crippen molar-refractivity contribution in [2.75, 3.05) is 20.6 Å². The maximum Gasteiger partial charge on any atom is 0.246 e. The van der Waals surface area contributed by atoms with Crippen LogP contribution in [-0.4, -0.2) is 41.6 Å². The lowest BCUT2D eigenvalue weighted by molar-refractivity contribution is 0.368. The molecule has 1 rings (SSSR count). The molecule has 6 nitrogen and oxygen atoms in total. The summed E-state index contributed by atoms with van der Waals surface area (Å²) < 4.78 is 5.03. The van der Waals surface area contributed by atoms with Crippen LogP contribution < -0.4 is 5.32 Å². The molecule has 108 valence electrons. The SMILES string of the molecule is C=CCCCN(C)C(=NC)NCc1nc(C)no1.I. The predicted molar refractivity (Wildman–Crippen MR) is 86.7 cm³/mol. The van der Waals surface area contributed by atoms with Gasteiger partial charge in [-0.05, 0) is 19.8 Å². The van der Waals surface area contributed by atoms with E-state index >= 15 is 0 Å². The number of guanidine groups is 1. The fourth-order valence-corrected chi connectivity index (χ4v) is 1.53. The minimum absolute atomic E-state index is 0. The molecule has 0 aliphatic carbocycles. The van der Waals surface area contributed by atoms with Crippen molar-refractivity contribution >= 4 is 29.9 Å². The predicted octanol–water partition coefficient (Wildman–Crippen LogP) is 1.97. The molecule has 0 saturated heterocycles. The number of rotatable bonds is 6. The second-order valence-corrected chi connectivity index (χ2v) is 3.99. The van der Waals surface area contributed by atoms with Gasteiger partial charge in [0.05, 0.1) is 6.54 Å². The minimum atomic E-state index is 0. The molecule has 0 aromatic carbocycles. The quantitative estimate of drug-likeness (QED) is 0.269. The summed E-state index contributed by atoms with van der Waals surface area (Å²) in [6.45, 7) is 6.91. The molecule has 7 heteroatoms. The summed E-state index contributed by atoms with van der Waals surface area (Å²) in [5, 5.41) is 6.91. The van der Waals surface area contributed by atoms with Crippen LogP contribution in [0.5, 0.6) is 0 Å². The Morgan fingerprint density at radius 1 is 1.58 bits per heavy atom. The molecule has 1 aromatic heterocycles. The van der Waals surface area contributed by atoms with Crippen LogP contribution in [0, 0.1) is 6.92 Å². The monoisotopic (exact) mass is 379 g/mol. The number of aliphatic imine (C=N–C) groups is 1. The second kappa shape index (κ2) is 9.76. The smallest absolute Gasteiger partial charge is 0.246 e. The summed E-state index contributed by atoms with van der Waals surface area (Å²) in [7, 11) is 3.75. The van der Waals surface area contributed by atoms with Crippen molar-refractivity contribution in [3.63, 3.8) is 0 Å². The fourth-order valence-electron chi connectivity index (χ4n) is 1.53. The molecule has 19 heavy (non-hydrogen) atoms. The third-order valence-corrected chi connectivity index (χ3v) is 2.44. The van der Waals surface area contributed by atoms with Crippen LogP contribution in [0.25, 0.3) is 0 Å². The third-order valence-electron chi connectivity index (χ3n) is 2.44. The molecule has 0 atom stereocenters. The van der Waals surface area contributed by atoms with Crippen molar-refractivity contribution in [1.29, 1.82) is 0 Å². The van der Waals surface area contributed by atoms with E-state index in [0.29, 0.717) is 18.3 Å². The number of halogens is 1. The Morgan fingerprint density at radius 2 is 2.32 bits per heavy atom. The van der Waals surface area contributed by atoms with E-state index in [4.69, 9.17) is 4.52 Å². The lowest BCUT2D eigenvalue weighted by Gasteiger charge is -2.21. The van der Waals surface area contributed by atoms with Gasteiger partial charge in [-0.3, -0.25) is 4.99 Å². The first-order valence-electron chi connectivity index (χ1n) is 5.99. The number of nitrogens with one attached hydrogen (secondary N) is 1. The van der Waals surface area contributed by atoms with Crippen molar-refractivity contribution in [3.05, 3.63) is 24.4 Å². The number of unbranched alkanes of at least 4 members (excludes halogenated alkanes) is 1. The van der Waals surface area contributed by atoms with Crippen molar-refractivity contribution in [2.45, 2.75) is 26.3 Å². The Balaban J connectivity index is 0.00000324. The zero-order valence-electron chi connectivity index (χ0n) is 11.7. The molecule has 0 amide bonds. The van der Waals surface area contributed by atoms with Crippen LogP contribution in [0.15, 0.2) is 22.2 Å². The molecular weight excluding hydrogens is 357 g/mol. The van der Waals surface area contributed by atoms with E-state index in [1.54, 1.807) is 14.0 Å². The van der Waals surface area contributed by atoms with E-state index in [9.17, 15) is 0 Å². The van der Waals surface area contributed by atoms with Gasteiger partial charge in [0, 0.05) is 20.6 Å². The summed E-state index contributed by atoms with van der Waals surface area (Å²) in [5.41, 5.74) is 0. The molecule has 0 aliphatic rings. The molecule has 1 heterocycles. The van der Waals surface area contributed by atoms with E-state index in [1.165, 1.54) is 0 Å². The summed E-state index contributed by atoms with van der Waals surface area (Å²) in [6, 6.07) is 0. The molecule has 0 aliphatic heterocycles. The van der Waals surface area contributed by atoms with Crippen LogP contribution in [0.2, 0.25) is 0 Å². The Labute approximate surface area is 131 Å². The number of hydrogen-bond acceptors (Lipinski definition) is 4. The van der Waals surface area contributed by atoms with Gasteiger partial charge in [0.2, 0.25) is 5.89 Å². The van der Waals surface area contributed by atoms with Gasteiger partial charge >= 0.3 is 0 Å². The topological polar surface area (TPSA) is 66.5 Å². The molecule has 0 bridgehead atoms. The lowest BCUT2D eigenvalue weighted by Crippen LogP contribution is -2.39. The van der Waals surface area contributed by atoms with E-state index in [-0.39, 0.29) is 24.0 Å². The molecule has 0 unspecified atom stereocenters. The number of nitrogens with zero attached hydrogens (tertiary/aromatic N) is 4. The average molecular weight is 379 g/mol. The number of aromatic nitrogens is 2. The second-order valence-electron chi connectivity index (χ2n) is 3.99. The van der Waals surface area contributed by atoms with Crippen LogP contribution in [-0.2, 0) is 6.54 Å². The molecule has 0 saturated carbocycles. The van der Waals surface area contributed by atoms with E-state index < -0.39 is 0 Å². The van der Waals surface area contributed by atoms with Gasteiger partial charge in [-0.1, -0.05) is 11.2 Å². The van der Waals surface area contributed by atoms with E-state index in [2.05, 4.69) is 31.9 Å². The van der Waals surface area contributed by atoms with Crippen molar-refractivity contribution in [3.8, 4) is 0 Å². The number of hydrogen-bond donors (Lipinski definition) is 1. The molecule has 0 fully saturated rings. The highest BCUT2D eigenvalue weighted by Gasteiger charge is 2.07. The Morgan fingerprint density at radius 3 is 2.84 bits per heavy atom. The molecular formula is C12H22IN5O. The Bertz CT molecular complexity index is 405. The third kappa shape index (κ3) is 6.55. The maximum atomic E-state index is 5.03. The summed E-state index contributed by atoms with van der Waals surface area (Å²) in [4.78, 5) is 10.4. The van der Waals surface area contributed by atoms with E-state index in [1.807, 2.05) is 13.1 Å². The van der Waals surface area contributed by atoms with Crippen LogP contribution in [0.1, 0.15) is 24.6 Å². The molecule has 1 N–H and O–H groups in total. The highest BCUT2D eigenvalue weighted by Crippen LogP contribution is 1.97. The van der Waals surface area contributed by atoms with Crippen molar-refractivity contribution in [2.24, 2.45) is 4.99 Å². The Hall–Kier alpha value is -1.12. The van der Waals surface area contributed by atoms with Crippen LogP contribution >= 0.6 is 24.0 Å². The van der Waals surface area contributed by atoms with Crippen LogP contribution in [0.3, 0.4) is 0 Å². The van der Waals surface area contributed by atoms with Crippen molar-refractivity contribution < 1.29 is 4.52 Å². The Kier molecular flexibility index (Phi) is 9.19. The van der Waals surface area contributed by atoms with Crippen molar-refractivity contribution in [1.82, 2.24) is 20.4 Å². The van der Waals surface area contributed by atoms with Gasteiger partial charge in [0.25, 0.3) is 0 Å². The van der Waals surface area contributed by atoms with Crippen LogP contribution in [0.4, 0.5) is 0 Å². The first kappa shape index (κ1) is 17.9. The lowest BCUT2D eigenvalue weighted by atomic mass is 10.3. The number of aryl methyl sites for hydroxylation is 1. The van der Waals surface area contributed by atoms with Gasteiger partial charge in [-0.2, -0.15) is 4.98 Å². The largest absolute Gasteiger partial charge is 0.347 e. The van der Waals surface area contributed by atoms with Gasteiger partial charge in [-0.25, -0.2) is 0 Å². The van der Waals surface area contributed by atoms with Gasteiger partial charge in [0.1, 0.15) is 0 Å². The first-order valence-corrected chi connectivity index (χ1v) is 5.99. The van der Waals surface area contributed by atoms with E-state index in [0.717, 1.165) is 25.3 Å². The average Bonchev–Trinajstić information content (AvgIpc) is 2.76. The first-order chi connectivity index (χ1) is 8.67. The fraction of sp³-hybridized carbons (Fsp3) is 0.583. The molecule has 0 radical (unpaired) electrons. The van der Waals surface area contributed by atoms with Gasteiger partial charge in [-0.15, -0.1) is 30.6 Å².